The summed E-state index contributed by atoms with van der Waals surface area (Å²) in [5.41, 5.74) is 0.607. The molecule has 0 bridgehead atoms. The first-order chi connectivity index (χ1) is 6.19. The number of carbonyl (C=O) groups excluding carboxylic acids is 1. The van der Waals surface area contributed by atoms with Gasteiger partial charge in [-0.2, -0.15) is 0 Å². The summed E-state index contributed by atoms with van der Waals surface area (Å²) >= 11 is 3.30. The van der Waals surface area contributed by atoms with Crippen LogP contribution < -0.4 is 10.1 Å². The van der Waals surface area contributed by atoms with Crippen molar-refractivity contribution < 1.29 is 9.53 Å². The first-order valence-electron chi connectivity index (χ1n) is 3.74. The molecule has 0 aromatic heterocycles. The van der Waals surface area contributed by atoms with Gasteiger partial charge in [0.25, 0.3) is 5.91 Å². The zero-order chi connectivity index (χ0) is 9.84. The van der Waals surface area contributed by atoms with E-state index in [1.807, 2.05) is 0 Å². The molecule has 1 aromatic carbocycles. The van der Waals surface area contributed by atoms with E-state index < -0.39 is 0 Å². The predicted octanol–water partition coefficient (Wildman–Crippen LogP) is 1.82. The summed E-state index contributed by atoms with van der Waals surface area (Å²) in [5, 5.41) is 2.55. The van der Waals surface area contributed by atoms with Crippen LogP contribution in [0.15, 0.2) is 22.7 Å². The summed E-state index contributed by atoms with van der Waals surface area (Å²) in [6.45, 7) is 0. The van der Waals surface area contributed by atoms with Gasteiger partial charge in [-0.05, 0) is 34.1 Å². The number of rotatable bonds is 2. The van der Waals surface area contributed by atoms with Crippen molar-refractivity contribution in [1.82, 2.24) is 5.32 Å². The molecule has 70 valence electrons. The predicted molar refractivity (Wildman–Crippen MR) is 54.1 cm³/mol. The van der Waals surface area contributed by atoms with E-state index in [1.54, 1.807) is 32.4 Å². The molecule has 4 heteroatoms. The van der Waals surface area contributed by atoms with Crippen LogP contribution in [-0.4, -0.2) is 20.1 Å². The van der Waals surface area contributed by atoms with Crippen LogP contribution in [0.4, 0.5) is 0 Å². The number of benzene rings is 1. The third-order valence-corrected chi connectivity index (χ3v) is 2.26. The molecule has 1 rings (SSSR count). The molecular formula is C9H10BrNO2. The van der Waals surface area contributed by atoms with Gasteiger partial charge in [-0.3, -0.25) is 4.79 Å². The Bertz CT molecular complexity index is 325. The van der Waals surface area contributed by atoms with Crippen molar-refractivity contribution in [3.05, 3.63) is 28.2 Å². The number of halogens is 1. The van der Waals surface area contributed by atoms with Crippen molar-refractivity contribution >= 4 is 21.8 Å². The van der Waals surface area contributed by atoms with E-state index in [0.29, 0.717) is 11.3 Å². The Hall–Kier alpha value is -1.03. The summed E-state index contributed by atoms with van der Waals surface area (Å²) < 4.78 is 5.81. The molecule has 0 aliphatic carbocycles. The van der Waals surface area contributed by atoms with Crippen molar-refractivity contribution in [1.29, 1.82) is 0 Å². The number of methoxy groups -OCH3 is 1. The van der Waals surface area contributed by atoms with Gasteiger partial charge >= 0.3 is 0 Å². The minimum absolute atomic E-state index is 0.108. The van der Waals surface area contributed by atoms with Crippen molar-refractivity contribution in [2.24, 2.45) is 0 Å². The van der Waals surface area contributed by atoms with E-state index in [0.717, 1.165) is 4.47 Å². The van der Waals surface area contributed by atoms with Gasteiger partial charge in [0.1, 0.15) is 5.75 Å². The smallest absolute Gasteiger partial charge is 0.251 e. The molecule has 0 fully saturated rings. The highest BCUT2D eigenvalue weighted by Gasteiger charge is 2.06. The third-order valence-electron chi connectivity index (χ3n) is 1.64. The van der Waals surface area contributed by atoms with Gasteiger partial charge in [0.2, 0.25) is 0 Å². The van der Waals surface area contributed by atoms with Gasteiger partial charge in [0.05, 0.1) is 11.6 Å². The minimum atomic E-state index is -0.108. The second-order valence-electron chi connectivity index (χ2n) is 2.43. The molecule has 3 nitrogen and oxygen atoms in total. The van der Waals surface area contributed by atoms with E-state index >= 15 is 0 Å². The Balaban J connectivity index is 3.02. The molecule has 0 radical (unpaired) electrons. The summed E-state index contributed by atoms with van der Waals surface area (Å²) in [6.07, 6.45) is 0. The lowest BCUT2D eigenvalue weighted by molar-refractivity contribution is 0.0963. The average Bonchev–Trinajstić information content (AvgIpc) is 2.16. The van der Waals surface area contributed by atoms with Crippen LogP contribution in [0.2, 0.25) is 0 Å². The topological polar surface area (TPSA) is 38.3 Å². The third kappa shape index (κ3) is 2.21. The quantitative estimate of drug-likeness (QED) is 0.861. The Labute approximate surface area is 85.2 Å². The van der Waals surface area contributed by atoms with Crippen molar-refractivity contribution in [2.75, 3.05) is 14.2 Å². The summed E-state index contributed by atoms with van der Waals surface area (Å²) in [5.74, 6) is 0.607. The highest BCUT2D eigenvalue weighted by molar-refractivity contribution is 9.10. The van der Waals surface area contributed by atoms with Crippen LogP contribution in [0, 0.1) is 0 Å². The maximum Gasteiger partial charge on any atom is 0.251 e. The second kappa shape index (κ2) is 4.28. The fourth-order valence-corrected chi connectivity index (χ4v) is 1.49. The molecule has 0 aliphatic rings. The highest BCUT2D eigenvalue weighted by atomic mass is 79.9. The number of ether oxygens (including phenoxy) is 1. The van der Waals surface area contributed by atoms with Crippen molar-refractivity contribution in [2.45, 2.75) is 0 Å². The molecule has 13 heavy (non-hydrogen) atoms. The van der Waals surface area contributed by atoms with E-state index in [9.17, 15) is 4.79 Å². The summed E-state index contributed by atoms with van der Waals surface area (Å²) in [6, 6.07) is 5.18. The molecule has 0 aliphatic heterocycles. The lowest BCUT2D eigenvalue weighted by Crippen LogP contribution is -2.17. The molecule has 0 saturated heterocycles. The largest absolute Gasteiger partial charge is 0.496 e. The number of carbonyl (C=O) groups is 1. The number of hydrogen-bond donors (Lipinski definition) is 1. The lowest BCUT2D eigenvalue weighted by atomic mass is 10.2. The molecule has 0 atom stereocenters. The van der Waals surface area contributed by atoms with Gasteiger partial charge in [-0.25, -0.2) is 0 Å². The normalized spacial score (nSPS) is 9.46. The number of amides is 1. The van der Waals surface area contributed by atoms with Crippen LogP contribution in [-0.2, 0) is 0 Å². The first kappa shape index (κ1) is 10.1. The molecule has 1 amide bonds. The number of nitrogens with one attached hydrogen (secondary N) is 1. The Morgan fingerprint density at radius 1 is 1.54 bits per heavy atom. The van der Waals surface area contributed by atoms with E-state index in [2.05, 4.69) is 21.2 Å². The first-order valence-corrected chi connectivity index (χ1v) is 4.54. The monoisotopic (exact) mass is 243 g/mol. The zero-order valence-electron chi connectivity index (χ0n) is 7.43. The van der Waals surface area contributed by atoms with Crippen LogP contribution in [0.5, 0.6) is 5.75 Å². The standard InChI is InChI=1S/C9H10BrNO2/c1-11-9(12)6-3-4-8(13-2)7(10)5-6/h3-5H,1-2H3,(H,11,12). The summed E-state index contributed by atoms with van der Waals surface area (Å²) in [7, 11) is 3.18. The van der Waals surface area contributed by atoms with Gasteiger partial charge in [0.15, 0.2) is 0 Å². The number of hydrogen-bond acceptors (Lipinski definition) is 2. The fourth-order valence-electron chi connectivity index (χ4n) is 0.952. The molecular weight excluding hydrogens is 234 g/mol. The average molecular weight is 244 g/mol. The molecule has 0 spiro atoms. The molecule has 1 N–H and O–H groups in total. The van der Waals surface area contributed by atoms with Crippen molar-refractivity contribution in [3.8, 4) is 5.75 Å². The van der Waals surface area contributed by atoms with Gasteiger partial charge in [-0.1, -0.05) is 0 Å². The molecule has 0 unspecified atom stereocenters. The summed E-state index contributed by atoms with van der Waals surface area (Å²) in [4.78, 5) is 11.2. The molecule has 0 heterocycles. The SMILES string of the molecule is CNC(=O)c1ccc(OC)c(Br)c1. The van der Waals surface area contributed by atoms with E-state index in [-0.39, 0.29) is 5.91 Å². The highest BCUT2D eigenvalue weighted by Crippen LogP contribution is 2.25. The van der Waals surface area contributed by atoms with Gasteiger partial charge < -0.3 is 10.1 Å². The molecule has 0 saturated carbocycles. The maximum absolute atomic E-state index is 11.2. The van der Waals surface area contributed by atoms with Gasteiger partial charge in [-0.15, -0.1) is 0 Å². The van der Waals surface area contributed by atoms with Crippen molar-refractivity contribution in [3.63, 3.8) is 0 Å². The maximum atomic E-state index is 11.2. The Morgan fingerprint density at radius 2 is 2.23 bits per heavy atom. The van der Waals surface area contributed by atoms with E-state index in [1.165, 1.54) is 0 Å². The Morgan fingerprint density at radius 3 is 2.69 bits per heavy atom. The van der Waals surface area contributed by atoms with Crippen LogP contribution in [0.3, 0.4) is 0 Å². The van der Waals surface area contributed by atoms with Gasteiger partial charge in [0, 0.05) is 12.6 Å². The second-order valence-corrected chi connectivity index (χ2v) is 3.28. The van der Waals surface area contributed by atoms with Crippen LogP contribution in [0.1, 0.15) is 10.4 Å². The van der Waals surface area contributed by atoms with E-state index in [4.69, 9.17) is 4.74 Å². The minimum Gasteiger partial charge on any atom is -0.496 e. The zero-order valence-corrected chi connectivity index (χ0v) is 9.01. The Kier molecular flexibility index (Phi) is 3.31. The van der Waals surface area contributed by atoms with Crippen LogP contribution in [0.25, 0.3) is 0 Å². The fraction of sp³-hybridized carbons (Fsp3) is 0.222. The molecule has 1 aromatic rings. The van der Waals surface area contributed by atoms with Crippen LogP contribution >= 0.6 is 15.9 Å². The lowest BCUT2D eigenvalue weighted by Gasteiger charge is -2.04.